The molecule has 3 N–H and O–H groups in total. The van der Waals surface area contributed by atoms with Crippen molar-refractivity contribution in [2.75, 3.05) is 11.1 Å². The molecule has 0 radical (unpaired) electrons. The first kappa shape index (κ1) is 15.4. The zero-order valence-electron chi connectivity index (χ0n) is 12.4. The van der Waals surface area contributed by atoms with Crippen LogP contribution in [0.1, 0.15) is 36.7 Å². The molecule has 0 saturated carbocycles. The van der Waals surface area contributed by atoms with E-state index >= 15 is 0 Å². The third-order valence-corrected chi connectivity index (χ3v) is 3.41. The summed E-state index contributed by atoms with van der Waals surface area (Å²) in [7, 11) is 0. The van der Waals surface area contributed by atoms with Crippen LogP contribution in [0.25, 0.3) is 0 Å². The smallest absolute Gasteiger partial charge is 0.255 e. The van der Waals surface area contributed by atoms with E-state index in [9.17, 15) is 4.79 Å². The Balaban J connectivity index is 2.16. The molecule has 2 rings (SSSR count). The Morgan fingerprint density at radius 2 is 1.71 bits per heavy atom. The van der Waals surface area contributed by atoms with Crippen LogP contribution < -0.4 is 11.1 Å². The van der Waals surface area contributed by atoms with Crippen LogP contribution in [0, 0.1) is 0 Å². The molecule has 0 aliphatic heterocycles. The van der Waals surface area contributed by atoms with Crippen LogP contribution in [0.4, 0.5) is 11.4 Å². The highest BCUT2D eigenvalue weighted by Crippen LogP contribution is 2.24. The minimum Gasteiger partial charge on any atom is -0.399 e. The van der Waals surface area contributed by atoms with E-state index in [1.807, 2.05) is 24.3 Å². The quantitative estimate of drug-likeness (QED) is 0.804. The van der Waals surface area contributed by atoms with Gasteiger partial charge in [-0.3, -0.25) is 4.79 Å². The first-order valence-corrected chi connectivity index (χ1v) is 7.11. The summed E-state index contributed by atoms with van der Waals surface area (Å²) in [4.78, 5) is 12.2. The fourth-order valence-electron chi connectivity index (χ4n) is 2.00. The van der Waals surface area contributed by atoms with Gasteiger partial charge in [-0.2, -0.15) is 0 Å². The summed E-state index contributed by atoms with van der Waals surface area (Å²) < 4.78 is 0. The monoisotopic (exact) mass is 302 g/mol. The molecule has 0 saturated heterocycles. The Morgan fingerprint density at radius 1 is 1.10 bits per heavy atom. The molecule has 0 bridgehead atoms. The van der Waals surface area contributed by atoms with E-state index in [4.69, 9.17) is 17.3 Å². The van der Waals surface area contributed by atoms with Crippen molar-refractivity contribution < 1.29 is 4.79 Å². The van der Waals surface area contributed by atoms with Crippen LogP contribution in [-0.2, 0) is 5.41 Å². The van der Waals surface area contributed by atoms with Gasteiger partial charge in [0.1, 0.15) is 0 Å². The molecule has 21 heavy (non-hydrogen) atoms. The summed E-state index contributed by atoms with van der Waals surface area (Å²) in [6.07, 6.45) is 0. The normalized spacial score (nSPS) is 11.2. The van der Waals surface area contributed by atoms with Crippen LogP contribution in [0.5, 0.6) is 0 Å². The van der Waals surface area contributed by atoms with Crippen molar-refractivity contribution >= 4 is 28.9 Å². The third-order valence-electron chi connectivity index (χ3n) is 3.19. The molecule has 0 unspecified atom stereocenters. The number of anilines is 2. The van der Waals surface area contributed by atoms with Crippen LogP contribution in [0.2, 0.25) is 5.02 Å². The van der Waals surface area contributed by atoms with Gasteiger partial charge in [-0.25, -0.2) is 0 Å². The molecular weight excluding hydrogens is 284 g/mol. The van der Waals surface area contributed by atoms with E-state index in [0.717, 1.165) is 5.69 Å². The molecule has 0 aliphatic carbocycles. The van der Waals surface area contributed by atoms with Crippen molar-refractivity contribution in [2.24, 2.45) is 0 Å². The predicted molar refractivity (Wildman–Crippen MR) is 89.0 cm³/mol. The van der Waals surface area contributed by atoms with Crippen molar-refractivity contribution in [3.63, 3.8) is 0 Å². The summed E-state index contributed by atoms with van der Waals surface area (Å²) >= 11 is 5.91. The lowest BCUT2D eigenvalue weighted by atomic mass is 9.87. The second kappa shape index (κ2) is 5.78. The second-order valence-corrected chi connectivity index (χ2v) is 6.49. The van der Waals surface area contributed by atoms with E-state index in [1.54, 1.807) is 18.2 Å². The van der Waals surface area contributed by atoms with Gasteiger partial charge in [0.05, 0.1) is 0 Å². The number of amides is 1. The van der Waals surface area contributed by atoms with E-state index < -0.39 is 0 Å². The molecule has 4 heteroatoms. The number of benzene rings is 2. The molecule has 0 heterocycles. The number of hydrogen-bond donors (Lipinski definition) is 2. The van der Waals surface area contributed by atoms with Crippen molar-refractivity contribution in [2.45, 2.75) is 26.2 Å². The third kappa shape index (κ3) is 3.99. The first-order valence-electron chi connectivity index (χ1n) is 6.74. The summed E-state index contributed by atoms with van der Waals surface area (Å²) in [5.41, 5.74) is 8.65. The first-order chi connectivity index (χ1) is 9.75. The summed E-state index contributed by atoms with van der Waals surface area (Å²) in [5, 5.41) is 3.29. The lowest BCUT2D eigenvalue weighted by Crippen LogP contribution is -2.14. The van der Waals surface area contributed by atoms with Gasteiger partial charge < -0.3 is 11.1 Å². The van der Waals surface area contributed by atoms with Gasteiger partial charge in [-0.15, -0.1) is 0 Å². The van der Waals surface area contributed by atoms with Gasteiger partial charge in [0, 0.05) is 22.0 Å². The fraction of sp³-hybridized carbons (Fsp3) is 0.235. The second-order valence-electron chi connectivity index (χ2n) is 6.05. The van der Waals surface area contributed by atoms with Gasteiger partial charge >= 0.3 is 0 Å². The molecule has 2 aromatic rings. The number of halogens is 1. The summed E-state index contributed by atoms with van der Waals surface area (Å²) in [5.74, 6) is -0.229. The molecule has 0 aromatic heterocycles. The Labute approximate surface area is 130 Å². The molecule has 0 aliphatic rings. The molecule has 1 amide bonds. The summed E-state index contributed by atoms with van der Waals surface area (Å²) in [6, 6.07) is 12.6. The SMILES string of the molecule is CC(C)(C)c1ccc(NC(=O)c2cc(N)cc(Cl)c2)cc1. The Kier molecular flexibility index (Phi) is 4.24. The van der Waals surface area contributed by atoms with Crippen LogP contribution in [-0.4, -0.2) is 5.91 Å². The van der Waals surface area contributed by atoms with Crippen molar-refractivity contribution in [3.8, 4) is 0 Å². The average molecular weight is 303 g/mol. The lowest BCUT2D eigenvalue weighted by Gasteiger charge is -2.19. The minimum atomic E-state index is -0.229. The van der Waals surface area contributed by atoms with E-state index in [2.05, 4.69) is 26.1 Å². The average Bonchev–Trinajstić information content (AvgIpc) is 2.37. The zero-order valence-corrected chi connectivity index (χ0v) is 13.2. The Morgan fingerprint density at radius 3 is 2.24 bits per heavy atom. The molecule has 2 aromatic carbocycles. The van der Waals surface area contributed by atoms with Gasteiger partial charge in [-0.1, -0.05) is 44.5 Å². The van der Waals surface area contributed by atoms with E-state index in [1.165, 1.54) is 5.56 Å². The molecular formula is C17H19ClN2O. The van der Waals surface area contributed by atoms with Crippen molar-refractivity contribution in [1.82, 2.24) is 0 Å². The maximum Gasteiger partial charge on any atom is 0.255 e. The van der Waals surface area contributed by atoms with Gasteiger partial charge in [0.15, 0.2) is 0 Å². The largest absolute Gasteiger partial charge is 0.399 e. The van der Waals surface area contributed by atoms with Crippen LogP contribution in [0.3, 0.4) is 0 Å². The standard InChI is InChI=1S/C17H19ClN2O/c1-17(2,3)12-4-6-15(7-5-12)20-16(21)11-8-13(18)10-14(19)9-11/h4-10H,19H2,1-3H3,(H,20,21). The fourth-order valence-corrected chi connectivity index (χ4v) is 2.24. The number of carbonyl (C=O) groups is 1. The number of nitrogens with one attached hydrogen (secondary N) is 1. The maximum absolute atomic E-state index is 12.2. The number of rotatable bonds is 2. The van der Waals surface area contributed by atoms with E-state index in [0.29, 0.717) is 16.3 Å². The number of hydrogen-bond acceptors (Lipinski definition) is 2. The lowest BCUT2D eigenvalue weighted by molar-refractivity contribution is 0.102. The highest BCUT2D eigenvalue weighted by Gasteiger charge is 2.13. The molecule has 0 atom stereocenters. The minimum absolute atomic E-state index is 0.0872. The predicted octanol–water partition coefficient (Wildman–Crippen LogP) is 4.47. The Bertz CT molecular complexity index is 637. The summed E-state index contributed by atoms with van der Waals surface area (Å²) in [6.45, 7) is 6.44. The highest BCUT2D eigenvalue weighted by atomic mass is 35.5. The highest BCUT2D eigenvalue weighted by molar-refractivity contribution is 6.31. The van der Waals surface area contributed by atoms with Crippen molar-refractivity contribution in [3.05, 3.63) is 58.6 Å². The van der Waals surface area contributed by atoms with E-state index in [-0.39, 0.29) is 11.3 Å². The van der Waals surface area contributed by atoms with Gasteiger partial charge in [0.25, 0.3) is 5.91 Å². The number of carbonyl (C=O) groups excluding carboxylic acids is 1. The molecule has 110 valence electrons. The number of nitrogens with two attached hydrogens (primary N) is 1. The molecule has 0 fully saturated rings. The van der Waals surface area contributed by atoms with Gasteiger partial charge in [-0.05, 0) is 41.3 Å². The number of nitrogen functional groups attached to an aromatic ring is 1. The Hall–Kier alpha value is -2.00. The maximum atomic E-state index is 12.2. The van der Waals surface area contributed by atoms with Crippen molar-refractivity contribution in [1.29, 1.82) is 0 Å². The van der Waals surface area contributed by atoms with Gasteiger partial charge in [0.2, 0.25) is 0 Å². The zero-order chi connectivity index (χ0) is 15.6. The van der Waals surface area contributed by atoms with Crippen LogP contribution in [0.15, 0.2) is 42.5 Å². The topological polar surface area (TPSA) is 55.1 Å². The van der Waals surface area contributed by atoms with Crippen LogP contribution >= 0.6 is 11.6 Å². The molecule has 3 nitrogen and oxygen atoms in total. The molecule has 0 spiro atoms.